The van der Waals surface area contributed by atoms with Gasteiger partial charge in [-0.2, -0.15) is 5.10 Å². The summed E-state index contributed by atoms with van der Waals surface area (Å²) in [6, 6.07) is 6.45. The van der Waals surface area contributed by atoms with Crippen LogP contribution in [0, 0.1) is 25.7 Å². The van der Waals surface area contributed by atoms with Gasteiger partial charge in [-0.05, 0) is 62.1 Å². The van der Waals surface area contributed by atoms with Crippen molar-refractivity contribution in [2.75, 3.05) is 50.8 Å². The molecular formula is C29H36N6O4. The molecule has 10 heteroatoms. The Hall–Kier alpha value is -3.56. The van der Waals surface area contributed by atoms with Crippen molar-refractivity contribution in [3.63, 3.8) is 0 Å². The Labute approximate surface area is 228 Å². The average Bonchev–Trinajstić information content (AvgIpc) is 3.47. The van der Waals surface area contributed by atoms with E-state index in [0.29, 0.717) is 56.7 Å². The number of hydrogen-bond acceptors (Lipinski definition) is 6. The van der Waals surface area contributed by atoms with Gasteiger partial charge < -0.3 is 24.8 Å². The largest absolute Gasteiger partial charge is 0.449 e. The molecule has 4 fully saturated rings. The molecule has 0 spiro atoms. The number of benzene rings is 1. The number of hydrogen-bond donors (Lipinski definition) is 1. The molecule has 2 unspecified atom stereocenters. The van der Waals surface area contributed by atoms with Gasteiger partial charge in [-0.25, -0.2) is 4.79 Å². The first-order valence-electron chi connectivity index (χ1n) is 14.3. The van der Waals surface area contributed by atoms with E-state index in [9.17, 15) is 14.4 Å². The lowest BCUT2D eigenvalue weighted by Gasteiger charge is -2.40. The van der Waals surface area contributed by atoms with Crippen LogP contribution >= 0.6 is 0 Å². The average molecular weight is 533 g/mol. The Kier molecular flexibility index (Phi) is 5.82. The number of likely N-dealkylation sites (tertiary alicyclic amines) is 1. The van der Waals surface area contributed by atoms with Crippen LogP contribution in [0.4, 0.5) is 10.5 Å². The molecular weight excluding hydrogens is 496 g/mol. The number of nitrogens with zero attached hydrogens (tertiary/aromatic N) is 5. The molecule has 1 aromatic heterocycles. The minimum atomic E-state index is -0.372. The van der Waals surface area contributed by atoms with Gasteiger partial charge in [0.2, 0.25) is 5.91 Å². The third-order valence-electron chi connectivity index (χ3n) is 9.64. The standard InChI is InChI=1S/C29H36N6O4/c1-17-4-3-5-23(18(17)2)32-8-10-33(11-9-32)25(36)15-35-24-13-19-12-21(19)26(24)27(31-35)28(37)34-7-6-22-20(14-34)16-39-29(38)30-22/h3-5,19-22H,6-16H2,1-2H3,(H,30,38)/t19-,20?,21-,22?/m1/s1. The maximum Gasteiger partial charge on any atom is 0.407 e. The SMILES string of the molecule is Cc1cccc(N2CCN(C(=O)Cn3nc(C(=O)N4CCC5NC(=O)OCC5C4)c4c3C[C@H]3C[C@@H]43)CC2)c1C. The summed E-state index contributed by atoms with van der Waals surface area (Å²) in [5.74, 6) is 1.09. The van der Waals surface area contributed by atoms with Gasteiger partial charge in [0.15, 0.2) is 5.69 Å². The van der Waals surface area contributed by atoms with E-state index in [1.54, 1.807) is 0 Å². The zero-order valence-corrected chi connectivity index (χ0v) is 22.7. The monoisotopic (exact) mass is 532 g/mol. The van der Waals surface area contributed by atoms with Gasteiger partial charge in [0.25, 0.3) is 5.91 Å². The summed E-state index contributed by atoms with van der Waals surface area (Å²) in [5, 5.41) is 7.67. The number of carbonyl (C=O) groups is 3. The zero-order valence-electron chi connectivity index (χ0n) is 22.7. The van der Waals surface area contributed by atoms with E-state index in [2.05, 4.69) is 42.3 Å². The molecule has 2 aromatic rings. The van der Waals surface area contributed by atoms with Crippen LogP contribution in [-0.2, 0) is 22.5 Å². The Morgan fingerprint density at radius 1 is 1.08 bits per heavy atom. The second kappa shape index (κ2) is 9.27. The summed E-state index contributed by atoms with van der Waals surface area (Å²) in [6.45, 7) is 8.92. The highest BCUT2D eigenvalue weighted by atomic mass is 16.6. The first-order valence-corrected chi connectivity index (χ1v) is 14.3. The van der Waals surface area contributed by atoms with E-state index in [0.717, 1.165) is 37.2 Å². The summed E-state index contributed by atoms with van der Waals surface area (Å²) < 4.78 is 7.00. The number of anilines is 1. The number of piperazine rings is 1. The highest BCUT2D eigenvalue weighted by Gasteiger charge is 2.51. The maximum atomic E-state index is 13.7. The molecule has 3 amide bonds. The highest BCUT2D eigenvalue weighted by Crippen LogP contribution is 2.57. The van der Waals surface area contributed by atoms with Gasteiger partial charge in [0.1, 0.15) is 6.54 Å². The van der Waals surface area contributed by atoms with Crippen molar-refractivity contribution in [3.05, 3.63) is 46.3 Å². The summed E-state index contributed by atoms with van der Waals surface area (Å²) in [7, 11) is 0. The Bertz CT molecular complexity index is 1350. The van der Waals surface area contributed by atoms with E-state index in [1.807, 2.05) is 14.5 Å². The van der Waals surface area contributed by atoms with Crippen molar-refractivity contribution >= 4 is 23.6 Å². The van der Waals surface area contributed by atoms with Crippen LogP contribution in [-0.4, -0.2) is 89.4 Å². The molecule has 2 aliphatic carbocycles. The third-order valence-corrected chi connectivity index (χ3v) is 9.64. The summed E-state index contributed by atoms with van der Waals surface area (Å²) in [4.78, 5) is 44.8. The molecule has 4 heterocycles. The summed E-state index contributed by atoms with van der Waals surface area (Å²) >= 11 is 0. The van der Waals surface area contributed by atoms with E-state index in [-0.39, 0.29) is 36.4 Å². The topological polar surface area (TPSA) is 100 Å². The lowest BCUT2D eigenvalue weighted by molar-refractivity contribution is -0.132. The summed E-state index contributed by atoms with van der Waals surface area (Å²) in [5.41, 5.74) is 6.51. The molecule has 206 valence electrons. The van der Waals surface area contributed by atoms with E-state index in [1.165, 1.54) is 16.8 Å². The molecule has 1 saturated carbocycles. The van der Waals surface area contributed by atoms with Gasteiger partial charge in [-0.3, -0.25) is 14.3 Å². The fourth-order valence-electron chi connectivity index (χ4n) is 7.08. The molecule has 4 atom stereocenters. The minimum Gasteiger partial charge on any atom is -0.449 e. The molecule has 10 nitrogen and oxygen atoms in total. The molecule has 0 bridgehead atoms. The number of aryl methyl sites for hydroxylation is 1. The molecule has 1 N–H and O–H groups in total. The number of alkyl carbamates (subject to hydrolysis) is 1. The lowest BCUT2D eigenvalue weighted by atomic mass is 9.91. The highest BCUT2D eigenvalue weighted by molar-refractivity contribution is 5.95. The van der Waals surface area contributed by atoms with Crippen molar-refractivity contribution in [1.29, 1.82) is 0 Å². The van der Waals surface area contributed by atoms with Crippen molar-refractivity contribution in [2.45, 2.75) is 51.6 Å². The Balaban J connectivity index is 1.04. The normalized spacial score (nSPS) is 27.3. The van der Waals surface area contributed by atoms with Crippen LogP contribution < -0.4 is 10.2 Å². The van der Waals surface area contributed by atoms with Crippen LogP contribution in [0.2, 0.25) is 0 Å². The first-order chi connectivity index (χ1) is 18.9. The van der Waals surface area contributed by atoms with Crippen LogP contribution in [0.15, 0.2) is 18.2 Å². The van der Waals surface area contributed by atoms with Crippen LogP contribution in [0.25, 0.3) is 0 Å². The van der Waals surface area contributed by atoms with Crippen molar-refractivity contribution in [1.82, 2.24) is 24.9 Å². The Morgan fingerprint density at radius 3 is 2.72 bits per heavy atom. The van der Waals surface area contributed by atoms with E-state index in [4.69, 9.17) is 9.84 Å². The first kappa shape index (κ1) is 24.5. The van der Waals surface area contributed by atoms with E-state index < -0.39 is 0 Å². The number of carbonyl (C=O) groups excluding carboxylic acids is 3. The number of rotatable bonds is 4. The molecule has 1 aromatic carbocycles. The molecule has 5 aliphatic rings. The molecule has 3 saturated heterocycles. The van der Waals surface area contributed by atoms with Crippen LogP contribution in [0.3, 0.4) is 0 Å². The number of amides is 3. The second-order valence-corrected chi connectivity index (χ2v) is 11.9. The lowest BCUT2D eigenvalue weighted by Crippen LogP contribution is -2.57. The fraction of sp³-hybridized carbons (Fsp3) is 0.586. The number of aromatic nitrogens is 2. The maximum absolute atomic E-state index is 13.7. The summed E-state index contributed by atoms with van der Waals surface area (Å²) in [6.07, 6.45) is 2.35. The number of fused-ring (bicyclic) bond motifs is 4. The van der Waals surface area contributed by atoms with Gasteiger partial charge in [0, 0.05) is 68.2 Å². The predicted octanol–water partition coefficient (Wildman–Crippen LogP) is 2.08. The smallest absolute Gasteiger partial charge is 0.407 e. The minimum absolute atomic E-state index is 0.0533. The van der Waals surface area contributed by atoms with E-state index >= 15 is 0 Å². The van der Waals surface area contributed by atoms with Gasteiger partial charge >= 0.3 is 6.09 Å². The zero-order chi connectivity index (χ0) is 26.8. The number of cyclic esters (lactones) is 1. The fourth-order valence-corrected chi connectivity index (χ4v) is 7.08. The quantitative estimate of drug-likeness (QED) is 0.647. The predicted molar refractivity (Wildman–Crippen MR) is 144 cm³/mol. The molecule has 0 radical (unpaired) electrons. The molecule has 7 rings (SSSR count). The van der Waals surface area contributed by atoms with Crippen LogP contribution in [0.1, 0.15) is 51.6 Å². The third kappa shape index (κ3) is 4.24. The van der Waals surface area contributed by atoms with Crippen molar-refractivity contribution in [3.8, 4) is 0 Å². The number of piperidine rings is 1. The van der Waals surface area contributed by atoms with Crippen LogP contribution in [0.5, 0.6) is 0 Å². The number of ether oxygens (including phenoxy) is 1. The molecule has 3 aliphatic heterocycles. The van der Waals surface area contributed by atoms with Crippen molar-refractivity contribution in [2.24, 2.45) is 11.8 Å². The molecule has 39 heavy (non-hydrogen) atoms. The van der Waals surface area contributed by atoms with Gasteiger partial charge in [-0.1, -0.05) is 12.1 Å². The van der Waals surface area contributed by atoms with Crippen molar-refractivity contribution < 1.29 is 19.1 Å². The number of nitrogens with one attached hydrogen (secondary N) is 1. The van der Waals surface area contributed by atoms with Gasteiger partial charge in [0.05, 0.1) is 6.61 Å². The van der Waals surface area contributed by atoms with Gasteiger partial charge in [-0.15, -0.1) is 0 Å². The Morgan fingerprint density at radius 2 is 1.90 bits per heavy atom. The second-order valence-electron chi connectivity index (χ2n) is 11.9.